The van der Waals surface area contributed by atoms with Crippen LogP contribution >= 0.6 is 11.3 Å². The molecule has 1 fully saturated rings. The van der Waals surface area contributed by atoms with E-state index in [4.69, 9.17) is 0 Å². The van der Waals surface area contributed by atoms with E-state index >= 15 is 0 Å². The number of imidazole rings is 1. The van der Waals surface area contributed by atoms with Crippen molar-refractivity contribution in [2.45, 2.75) is 24.0 Å². The molecule has 158 valence electrons. The van der Waals surface area contributed by atoms with Gasteiger partial charge in [0.15, 0.2) is 0 Å². The Bertz CT molecular complexity index is 1160. The average Bonchev–Trinajstić information content (AvgIpc) is 3.40. The fraction of sp³-hybridized carbons (Fsp3) is 0.300. The number of nitrogens with zero attached hydrogens (tertiary/aromatic N) is 3. The molecule has 1 saturated heterocycles. The summed E-state index contributed by atoms with van der Waals surface area (Å²) in [6, 6.07) is 7.79. The Labute approximate surface area is 178 Å². The van der Waals surface area contributed by atoms with Gasteiger partial charge in [-0.2, -0.15) is 4.31 Å². The van der Waals surface area contributed by atoms with Crippen LogP contribution in [0.5, 0.6) is 0 Å². The van der Waals surface area contributed by atoms with Crippen molar-refractivity contribution in [3.63, 3.8) is 0 Å². The molecule has 3 heterocycles. The summed E-state index contributed by atoms with van der Waals surface area (Å²) < 4.78 is 43.4. The maximum absolute atomic E-state index is 14.4. The van der Waals surface area contributed by atoms with Crippen LogP contribution in [0.2, 0.25) is 0 Å². The van der Waals surface area contributed by atoms with Gasteiger partial charge in [0.25, 0.3) is 10.0 Å². The first-order chi connectivity index (χ1) is 14.3. The lowest BCUT2D eigenvalue weighted by molar-refractivity contribution is -0.120. The summed E-state index contributed by atoms with van der Waals surface area (Å²) in [4.78, 5) is 17.6. The topological polar surface area (TPSA) is 84.3 Å². The molecule has 0 saturated carbocycles. The number of piperidine rings is 1. The van der Waals surface area contributed by atoms with E-state index in [1.54, 1.807) is 36.7 Å². The predicted molar refractivity (Wildman–Crippen MR) is 113 cm³/mol. The molecule has 10 heteroatoms. The lowest BCUT2D eigenvalue weighted by Crippen LogP contribution is -2.43. The molecule has 1 amide bonds. The van der Waals surface area contributed by atoms with Crippen LogP contribution < -0.4 is 5.32 Å². The summed E-state index contributed by atoms with van der Waals surface area (Å²) in [5, 5.41) is 2.72. The van der Waals surface area contributed by atoms with Crippen molar-refractivity contribution >= 4 is 33.0 Å². The molecule has 0 radical (unpaired) electrons. The highest BCUT2D eigenvalue weighted by Gasteiger charge is 2.34. The van der Waals surface area contributed by atoms with E-state index in [0.717, 1.165) is 4.88 Å². The molecule has 1 N–H and O–H groups in total. The largest absolute Gasteiger partial charge is 0.326 e. The number of hydrogen-bond acceptors (Lipinski definition) is 5. The number of benzene rings is 1. The normalized spacial score (nSPS) is 17.7. The molecule has 0 aliphatic carbocycles. The number of anilines is 1. The number of nitrogens with one attached hydrogen (secondary N) is 1. The number of halogens is 1. The first kappa shape index (κ1) is 20.7. The van der Waals surface area contributed by atoms with Crippen molar-refractivity contribution < 1.29 is 17.6 Å². The third-order valence-electron chi connectivity index (χ3n) is 5.06. The second-order valence-corrected chi connectivity index (χ2v) is 10.6. The first-order valence-electron chi connectivity index (χ1n) is 9.50. The Hall–Kier alpha value is -2.56. The predicted octanol–water partition coefficient (Wildman–Crippen LogP) is 3.42. The fourth-order valence-electron chi connectivity index (χ4n) is 3.49. The Kier molecular flexibility index (Phi) is 5.72. The van der Waals surface area contributed by atoms with Gasteiger partial charge in [0.2, 0.25) is 5.91 Å². The van der Waals surface area contributed by atoms with Crippen LogP contribution in [0.1, 0.15) is 17.7 Å². The molecule has 7 nitrogen and oxygen atoms in total. The molecular weight excluding hydrogens is 427 g/mol. The number of thiophene rings is 1. The average molecular weight is 449 g/mol. The Balaban J connectivity index is 1.45. The van der Waals surface area contributed by atoms with Crippen LogP contribution in [0, 0.1) is 18.7 Å². The highest BCUT2D eigenvalue weighted by atomic mass is 32.2. The van der Waals surface area contributed by atoms with Gasteiger partial charge in [0.05, 0.1) is 17.9 Å². The van der Waals surface area contributed by atoms with Gasteiger partial charge in [-0.1, -0.05) is 0 Å². The lowest BCUT2D eigenvalue weighted by atomic mass is 9.98. The molecule has 1 aliphatic heterocycles. The summed E-state index contributed by atoms with van der Waals surface area (Å²) in [6.07, 6.45) is 5.84. The van der Waals surface area contributed by atoms with E-state index < -0.39 is 21.8 Å². The first-order valence-corrected chi connectivity index (χ1v) is 11.8. The number of sulfonamides is 1. The molecule has 1 unspecified atom stereocenters. The summed E-state index contributed by atoms with van der Waals surface area (Å²) in [5.41, 5.74) is 0.655. The quantitative estimate of drug-likeness (QED) is 0.648. The van der Waals surface area contributed by atoms with E-state index in [-0.39, 0.29) is 12.5 Å². The maximum Gasteiger partial charge on any atom is 0.252 e. The zero-order chi connectivity index (χ0) is 21.3. The number of aromatic nitrogens is 2. The number of aryl methyl sites for hydroxylation is 1. The minimum absolute atomic E-state index is 0.112. The SMILES string of the molecule is Cc1ccc(S(=O)(=O)N2CCCC(C(=O)Nc3ccc(-n4ccnc4)c(F)c3)C2)s1. The second kappa shape index (κ2) is 8.29. The number of rotatable bonds is 5. The lowest BCUT2D eigenvalue weighted by Gasteiger charge is -2.30. The molecule has 0 bridgehead atoms. The summed E-state index contributed by atoms with van der Waals surface area (Å²) in [5.74, 6) is -1.30. The second-order valence-electron chi connectivity index (χ2n) is 7.19. The zero-order valence-electron chi connectivity index (χ0n) is 16.3. The van der Waals surface area contributed by atoms with Crippen molar-refractivity contribution in [2.75, 3.05) is 18.4 Å². The summed E-state index contributed by atoms with van der Waals surface area (Å²) in [6.45, 7) is 2.35. The van der Waals surface area contributed by atoms with Gasteiger partial charge < -0.3 is 9.88 Å². The smallest absolute Gasteiger partial charge is 0.252 e. The van der Waals surface area contributed by atoms with Gasteiger partial charge in [-0.25, -0.2) is 17.8 Å². The molecule has 30 heavy (non-hydrogen) atoms. The van der Waals surface area contributed by atoms with E-state index in [2.05, 4.69) is 10.3 Å². The maximum atomic E-state index is 14.4. The van der Waals surface area contributed by atoms with Gasteiger partial charge >= 0.3 is 0 Å². The minimum atomic E-state index is -3.61. The van der Waals surface area contributed by atoms with E-state index in [1.807, 2.05) is 6.92 Å². The minimum Gasteiger partial charge on any atom is -0.326 e. The van der Waals surface area contributed by atoms with Crippen LogP contribution in [0.25, 0.3) is 5.69 Å². The van der Waals surface area contributed by atoms with E-state index in [1.165, 1.54) is 32.6 Å². The molecule has 3 aromatic rings. The van der Waals surface area contributed by atoms with Crippen LogP contribution in [0.3, 0.4) is 0 Å². The standard InChI is InChI=1S/C20H21FN4O3S2/c1-14-4-7-19(29-14)30(27,28)25-9-2-3-15(12-25)20(26)23-16-5-6-18(17(21)11-16)24-10-8-22-13-24/h4-8,10-11,13,15H,2-3,9,12H2,1H3,(H,23,26). The zero-order valence-corrected chi connectivity index (χ0v) is 17.9. The third kappa shape index (κ3) is 4.16. The van der Waals surface area contributed by atoms with Crippen LogP contribution in [0.4, 0.5) is 10.1 Å². The van der Waals surface area contributed by atoms with E-state index in [0.29, 0.717) is 35.0 Å². The third-order valence-corrected chi connectivity index (χ3v) is 8.40. The van der Waals surface area contributed by atoms with Crippen molar-refractivity contribution in [3.8, 4) is 5.69 Å². The molecule has 0 spiro atoms. The van der Waals surface area contributed by atoms with Crippen molar-refractivity contribution in [2.24, 2.45) is 5.92 Å². The number of carbonyl (C=O) groups excluding carboxylic acids is 1. The molecule has 1 aromatic carbocycles. The molecule has 1 atom stereocenters. The van der Waals surface area contributed by atoms with Crippen molar-refractivity contribution in [3.05, 3.63) is 59.7 Å². The molecule has 1 aliphatic rings. The number of carbonyl (C=O) groups is 1. The Morgan fingerprint density at radius 1 is 1.30 bits per heavy atom. The van der Waals surface area contributed by atoms with Crippen LogP contribution in [-0.2, 0) is 14.8 Å². The van der Waals surface area contributed by atoms with Gasteiger partial charge in [-0.3, -0.25) is 4.79 Å². The highest BCUT2D eigenvalue weighted by Crippen LogP contribution is 2.29. The highest BCUT2D eigenvalue weighted by molar-refractivity contribution is 7.91. The van der Waals surface area contributed by atoms with Gasteiger partial charge in [0.1, 0.15) is 10.0 Å². The number of hydrogen-bond donors (Lipinski definition) is 1. The van der Waals surface area contributed by atoms with Crippen molar-refractivity contribution in [1.82, 2.24) is 13.9 Å². The van der Waals surface area contributed by atoms with Gasteiger partial charge in [0, 0.05) is 36.0 Å². The Morgan fingerprint density at radius 2 is 2.13 bits per heavy atom. The van der Waals surface area contributed by atoms with Crippen molar-refractivity contribution in [1.29, 1.82) is 0 Å². The van der Waals surface area contributed by atoms with Gasteiger partial charge in [-0.15, -0.1) is 11.3 Å². The molecule has 4 rings (SSSR count). The number of amides is 1. The summed E-state index contributed by atoms with van der Waals surface area (Å²) in [7, 11) is -3.61. The monoisotopic (exact) mass is 448 g/mol. The van der Waals surface area contributed by atoms with Crippen LogP contribution in [-0.4, -0.2) is 41.3 Å². The Morgan fingerprint density at radius 3 is 2.80 bits per heavy atom. The summed E-state index contributed by atoms with van der Waals surface area (Å²) >= 11 is 1.22. The molecule has 2 aromatic heterocycles. The molecular formula is C20H21FN4O3S2. The van der Waals surface area contributed by atoms with E-state index in [9.17, 15) is 17.6 Å². The van der Waals surface area contributed by atoms with Gasteiger partial charge in [-0.05, 0) is 50.1 Å². The van der Waals surface area contributed by atoms with Crippen LogP contribution in [0.15, 0.2) is 53.3 Å². The fourth-order valence-corrected chi connectivity index (χ4v) is 6.45.